The number of rotatable bonds is 4. The summed E-state index contributed by atoms with van der Waals surface area (Å²) in [6.45, 7) is 0. The van der Waals surface area contributed by atoms with Gasteiger partial charge in [-0.05, 0) is 18.2 Å². The Labute approximate surface area is 234 Å². The first kappa shape index (κ1) is 22.8. The molecule has 0 unspecified atom stereocenters. The monoisotopic (exact) mass is 531 g/mol. The van der Waals surface area contributed by atoms with Gasteiger partial charge in [0.25, 0.3) is 0 Å². The molecule has 0 amide bonds. The Morgan fingerprint density at radius 3 is 1.70 bits per heavy atom. The van der Waals surface area contributed by atoms with Crippen LogP contribution < -0.4 is 0 Å². The standard InChI is InChI=1S/C34H21N5S/c1-4-12-22(13-5-1)31-36-32(23-14-6-2-7-15-23)38-34(37-31)39-28-19-11-10-18-25(28)26-20-30-27(21-29(26)39)35-33(40-30)24-16-8-3-9-17-24/h1-21H. The predicted octanol–water partition coefficient (Wildman–Crippen LogP) is 8.58. The molecule has 8 rings (SSSR count). The highest BCUT2D eigenvalue weighted by Gasteiger charge is 2.19. The van der Waals surface area contributed by atoms with Crippen LogP contribution in [0, 0.1) is 0 Å². The van der Waals surface area contributed by atoms with Crippen molar-refractivity contribution in [1.82, 2.24) is 24.5 Å². The number of aromatic nitrogens is 5. The smallest absolute Gasteiger partial charge is 0.238 e. The fourth-order valence-electron chi connectivity index (χ4n) is 5.21. The minimum Gasteiger partial charge on any atom is -0.278 e. The molecule has 5 nitrogen and oxygen atoms in total. The van der Waals surface area contributed by atoms with Crippen molar-refractivity contribution in [1.29, 1.82) is 0 Å². The molecule has 8 aromatic rings. The van der Waals surface area contributed by atoms with E-state index < -0.39 is 0 Å². The van der Waals surface area contributed by atoms with E-state index in [0.29, 0.717) is 17.6 Å². The highest BCUT2D eigenvalue weighted by atomic mass is 32.1. The maximum atomic E-state index is 5.03. The summed E-state index contributed by atoms with van der Waals surface area (Å²) in [5, 5.41) is 3.31. The lowest BCUT2D eigenvalue weighted by atomic mass is 10.1. The molecule has 188 valence electrons. The molecule has 6 heteroatoms. The normalized spacial score (nSPS) is 11.5. The van der Waals surface area contributed by atoms with Gasteiger partial charge in [-0.25, -0.2) is 9.97 Å². The molecule has 0 atom stereocenters. The molecule has 3 heterocycles. The van der Waals surface area contributed by atoms with Crippen LogP contribution in [0.4, 0.5) is 0 Å². The average Bonchev–Trinajstić information content (AvgIpc) is 3.59. The van der Waals surface area contributed by atoms with Gasteiger partial charge in [0.2, 0.25) is 5.95 Å². The quantitative estimate of drug-likeness (QED) is 0.228. The number of para-hydroxylation sites is 1. The fraction of sp³-hybridized carbons (Fsp3) is 0. The molecule has 40 heavy (non-hydrogen) atoms. The van der Waals surface area contributed by atoms with E-state index in [1.807, 2.05) is 66.7 Å². The molecule has 0 saturated heterocycles. The second-order valence-electron chi connectivity index (χ2n) is 9.59. The highest BCUT2D eigenvalue weighted by molar-refractivity contribution is 7.21. The second-order valence-corrected chi connectivity index (χ2v) is 10.6. The Bertz CT molecular complexity index is 2090. The largest absolute Gasteiger partial charge is 0.278 e. The van der Waals surface area contributed by atoms with Crippen molar-refractivity contribution in [2.75, 3.05) is 0 Å². The van der Waals surface area contributed by atoms with Gasteiger partial charge in [-0.2, -0.15) is 9.97 Å². The van der Waals surface area contributed by atoms with Crippen molar-refractivity contribution in [3.05, 3.63) is 127 Å². The van der Waals surface area contributed by atoms with Gasteiger partial charge in [-0.1, -0.05) is 109 Å². The maximum Gasteiger partial charge on any atom is 0.238 e. The molecule has 3 aromatic heterocycles. The van der Waals surface area contributed by atoms with Gasteiger partial charge in [0.1, 0.15) is 5.01 Å². The van der Waals surface area contributed by atoms with Crippen molar-refractivity contribution in [2.45, 2.75) is 0 Å². The summed E-state index contributed by atoms with van der Waals surface area (Å²) in [5.74, 6) is 1.85. The molecule has 0 fully saturated rings. The minimum absolute atomic E-state index is 0.580. The third-order valence-corrected chi connectivity index (χ3v) is 8.16. The fourth-order valence-corrected chi connectivity index (χ4v) is 6.20. The first-order valence-electron chi connectivity index (χ1n) is 13.1. The van der Waals surface area contributed by atoms with Gasteiger partial charge < -0.3 is 0 Å². The molecule has 0 bridgehead atoms. The zero-order chi connectivity index (χ0) is 26.5. The zero-order valence-corrected chi connectivity index (χ0v) is 22.1. The number of fused-ring (bicyclic) bond motifs is 4. The lowest BCUT2D eigenvalue weighted by molar-refractivity contribution is 0.954. The van der Waals surface area contributed by atoms with Crippen LogP contribution in [-0.4, -0.2) is 24.5 Å². The van der Waals surface area contributed by atoms with Crippen LogP contribution in [0.1, 0.15) is 0 Å². The summed E-state index contributed by atoms with van der Waals surface area (Å²) in [6, 6.07) is 43.3. The Morgan fingerprint density at radius 2 is 1.05 bits per heavy atom. The van der Waals surface area contributed by atoms with Crippen LogP contribution >= 0.6 is 11.3 Å². The summed E-state index contributed by atoms with van der Waals surface area (Å²) < 4.78 is 3.30. The SMILES string of the molecule is c1ccc(-c2nc(-c3ccccc3)nc(-n3c4ccccc4c4cc5sc(-c6ccccc6)nc5cc43)n2)cc1. The molecule has 5 aromatic carbocycles. The first-order valence-corrected chi connectivity index (χ1v) is 13.9. The number of benzene rings is 5. The van der Waals surface area contributed by atoms with E-state index >= 15 is 0 Å². The van der Waals surface area contributed by atoms with Crippen molar-refractivity contribution >= 4 is 43.4 Å². The lowest BCUT2D eigenvalue weighted by Crippen LogP contribution is -2.06. The number of hydrogen-bond donors (Lipinski definition) is 0. The molecule has 0 aliphatic heterocycles. The maximum absolute atomic E-state index is 5.03. The second kappa shape index (κ2) is 9.22. The summed E-state index contributed by atoms with van der Waals surface area (Å²) in [7, 11) is 0. The van der Waals surface area contributed by atoms with Gasteiger partial charge in [-0.3, -0.25) is 4.57 Å². The van der Waals surface area contributed by atoms with Gasteiger partial charge >= 0.3 is 0 Å². The summed E-state index contributed by atoms with van der Waals surface area (Å²) in [5.41, 5.74) is 6.03. The Hall–Kier alpha value is -5.20. The summed E-state index contributed by atoms with van der Waals surface area (Å²) in [4.78, 5) is 20.0. The van der Waals surface area contributed by atoms with Crippen molar-refractivity contribution in [2.24, 2.45) is 0 Å². The predicted molar refractivity (Wildman–Crippen MR) is 164 cm³/mol. The Balaban J connectivity index is 1.42. The third-order valence-electron chi connectivity index (χ3n) is 7.09. The van der Waals surface area contributed by atoms with Crippen LogP contribution in [0.15, 0.2) is 127 Å². The number of hydrogen-bond acceptors (Lipinski definition) is 5. The van der Waals surface area contributed by atoms with E-state index in [9.17, 15) is 0 Å². The van der Waals surface area contributed by atoms with Gasteiger partial charge in [0, 0.05) is 27.5 Å². The van der Waals surface area contributed by atoms with Crippen molar-refractivity contribution in [3.8, 4) is 39.3 Å². The topological polar surface area (TPSA) is 56.5 Å². The first-order chi connectivity index (χ1) is 19.8. The van der Waals surface area contributed by atoms with Crippen LogP contribution in [0.2, 0.25) is 0 Å². The number of nitrogens with zero attached hydrogens (tertiary/aromatic N) is 5. The van der Waals surface area contributed by atoms with Gasteiger partial charge in [-0.15, -0.1) is 11.3 Å². The highest BCUT2D eigenvalue weighted by Crippen LogP contribution is 2.38. The van der Waals surface area contributed by atoms with Crippen LogP contribution in [-0.2, 0) is 0 Å². The minimum atomic E-state index is 0.580. The molecular weight excluding hydrogens is 510 g/mol. The van der Waals surface area contributed by atoms with Crippen molar-refractivity contribution in [3.63, 3.8) is 0 Å². The van der Waals surface area contributed by atoms with Gasteiger partial charge in [0.15, 0.2) is 11.6 Å². The van der Waals surface area contributed by atoms with E-state index in [0.717, 1.165) is 53.7 Å². The molecule has 0 aliphatic carbocycles. The molecule has 0 N–H and O–H groups in total. The van der Waals surface area contributed by atoms with Crippen LogP contribution in [0.3, 0.4) is 0 Å². The molecule has 0 saturated carbocycles. The molecular formula is C34H21N5S. The Morgan fingerprint density at radius 1 is 0.475 bits per heavy atom. The van der Waals surface area contributed by atoms with Crippen molar-refractivity contribution < 1.29 is 0 Å². The van der Waals surface area contributed by atoms with Crippen LogP contribution in [0.25, 0.3) is 71.3 Å². The molecule has 0 aliphatic rings. The molecule has 0 spiro atoms. The lowest BCUT2D eigenvalue weighted by Gasteiger charge is -2.10. The molecule has 0 radical (unpaired) electrons. The summed E-state index contributed by atoms with van der Waals surface area (Å²) in [6.07, 6.45) is 0. The average molecular weight is 532 g/mol. The van der Waals surface area contributed by atoms with Gasteiger partial charge in [0.05, 0.1) is 21.3 Å². The Kier molecular flexibility index (Phi) is 5.24. The van der Waals surface area contributed by atoms with E-state index in [4.69, 9.17) is 19.9 Å². The third kappa shape index (κ3) is 3.77. The van der Waals surface area contributed by atoms with E-state index in [2.05, 4.69) is 65.2 Å². The van der Waals surface area contributed by atoms with E-state index in [1.54, 1.807) is 11.3 Å². The zero-order valence-electron chi connectivity index (χ0n) is 21.3. The summed E-state index contributed by atoms with van der Waals surface area (Å²) >= 11 is 1.72. The van der Waals surface area contributed by atoms with E-state index in [-0.39, 0.29) is 0 Å². The van der Waals surface area contributed by atoms with E-state index in [1.165, 1.54) is 0 Å². The number of thiazole rings is 1. The van der Waals surface area contributed by atoms with Crippen LogP contribution in [0.5, 0.6) is 0 Å².